The maximum absolute atomic E-state index is 12.7. The van der Waals surface area contributed by atoms with Crippen LogP contribution in [0.4, 0.5) is 13.2 Å². The van der Waals surface area contributed by atoms with Crippen molar-refractivity contribution in [1.82, 2.24) is 4.90 Å². The number of ether oxygens (including phenoxy) is 1. The van der Waals surface area contributed by atoms with E-state index in [1.807, 2.05) is 6.92 Å². The summed E-state index contributed by atoms with van der Waals surface area (Å²) in [5.41, 5.74) is 4.90. The Hall–Kier alpha value is -0.820. The lowest BCUT2D eigenvalue weighted by Gasteiger charge is -2.34. The van der Waals surface area contributed by atoms with Gasteiger partial charge in [0.25, 0.3) is 0 Å². The number of hydrogen-bond acceptors (Lipinski definition) is 3. The molecule has 0 unspecified atom stereocenters. The number of amides is 1. The van der Waals surface area contributed by atoms with Crippen molar-refractivity contribution >= 4 is 5.91 Å². The number of rotatable bonds is 8. The molecule has 2 N–H and O–H groups in total. The van der Waals surface area contributed by atoms with Gasteiger partial charge in [-0.05, 0) is 26.2 Å². The molecule has 1 aliphatic carbocycles. The van der Waals surface area contributed by atoms with Crippen LogP contribution in [-0.2, 0) is 9.53 Å². The molecule has 1 aliphatic rings. The molecule has 4 nitrogen and oxygen atoms in total. The summed E-state index contributed by atoms with van der Waals surface area (Å²) in [6.07, 6.45) is -1.13. The third-order valence-electron chi connectivity index (χ3n) is 3.98. The van der Waals surface area contributed by atoms with Crippen molar-refractivity contribution in [1.29, 1.82) is 0 Å². The van der Waals surface area contributed by atoms with Crippen molar-refractivity contribution in [3.05, 3.63) is 0 Å². The molecule has 0 spiro atoms. The summed E-state index contributed by atoms with van der Waals surface area (Å²) in [5.74, 6) is -0.448. The van der Waals surface area contributed by atoms with E-state index in [0.29, 0.717) is 32.5 Å². The summed E-state index contributed by atoms with van der Waals surface area (Å²) in [6, 6.07) is 0. The Kier molecular flexibility index (Phi) is 6.93. The van der Waals surface area contributed by atoms with E-state index in [0.717, 1.165) is 17.7 Å². The Morgan fingerprint density at radius 2 is 1.95 bits per heavy atom. The van der Waals surface area contributed by atoms with Gasteiger partial charge in [-0.15, -0.1) is 0 Å². The average Bonchev–Trinajstić information content (AvgIpc) is 2.90. The van der Waals surface area contributed by atoms with Gasteiger partial charge in [0.2, 0.25) is 5.91 Å². The molecule has 0 saturated heterocycles. The molecule has 21 heavy (non-hydrogen) atoms. The third-order valence-corrected chi connectivity index (χ3v) is 3.98. The van der Waals surface area contributed by atoms with Crippen molar-refractivity contribution in [2.75, 3.05) is 32.8 Å². The zero-order valence-corrected chi connectivity index (χ0v) is 12.5. The van der Waals surface area contributed by atoms with Crippen molar-refractivity contribution in [2.45, 2.75) is 45.2 Å². The second-order valence-electron chi connectivity index (χ2n) is 5.58. The van der Waals surface area contributed by atoms with Gasteiger partial charge in [-0.1, -0.05) is 12.8 Å². The fraction of sp³-hybridized carbons (Fsp3) is 0.929. The molecule has 0 aromatic rings. The van der Waals surface area contributed by atoms with Crippen molar-refractivity contribution in [3.63, 3.8) is 0 Å². The monoisotopic (exact) mass is 310 g/mol. The van der Waals surface area contributed by atoms with E-state index in [1.165, 1.54) is 0 Å². The van der Waals surface area contributed by atoms with Crippen LogP contribution in [0.3, 0.4) is 0 Å². The smallest absolute Gasteiger partial charge is 0.382 e. The molecule has 0 atom stereocenters. The normalized spacial score (nSPS) is 18.0. The zero-order chi connectivity index (χ0) is 15.9. The molecule has 0 radical (unpaired) electrons. The van der Waals surface area contributed by atoms with Crippen LogP contribution in [0.2, 0.25) is 0 Å². The van der Waals surface area contributed by atoms with Gasteiger partial charge in [0.15, 0.2) is 0 Å². The van der Waals surface area contributed by atoms with E-state index in [2.05, 4.69) is 0 Å². The first-order valence-corrected chi connectivity index (χ1v) is 7.48. The van der Waals surface area contributed by atoms with Crippen molar-refractivity contribution in [3.8, 4) is 0 Å². The lowest BCUT2D eigenvalue weighted by atomic mass is 9.84. The zero-order valence-electron chi connectivity index (χ0n) is 12.5. The van der Waals surface area contributed by atoms with E-state index >= 15 is 0 Å². The predicted molar refractivity (Wildman–Crippen MR) is 73.7 cm³/mol. The Morgan fingerprint density at radius 1 is 1.33 bits per heavy atom. The number of nitrogens with zero attached hydrogens (tertiary/aromatic N) is 1. The molecule has 0 aromatic heterocycles. The van der Waals surface area contributed by atoms with Crippen LogP contribution in [0.15, 0.2) is 0 Å². The van der Waals surface area contributed by atoms with Crippen LogP contribution in [-0.4, -0.2) is 49.8 Å². The van der Waals surface area contributed by atoms with Gasteiger partial charge >= 0.3 is 6.18 Å². The van der Waals surface area contributed by atoms with E-state index in [1.54, 1.807) is 0 Å². The molecule has 124 valence electrons. The fourth-order valence-electron chi connectivity index (χ4n) is 2.86. The van der Waals surface area contributed by atoms with Gasteiger partial charge in [-0.25, -0.2) is 0 Å². The number of nitrogens with two attached hydrogens (primary N) is 1. The van der Waals surface area contributed by atoms with Crippen LogP contribution in [0.1, 0.15) is 39.0 Å². The SMILES string of the molecule is CCOCCCN(CC(F)(F)F)C(=O)C1(CN)CCCC1. The molecule has 1 amide bonds. The fourth-order valence-corrected chi connectivity index (χ4v) is 2.86. The second kappa shape index (κ2) is 7.98. The second-order valence-corrected chi connectivity index (χ2v) is 5.58. The third kappa shape index (κ3) is 5.47. The summed E-state index contributed by atoms with van der Waals surface area (Å²) in [5, 5.41) is 0. The first-order valence-electron chi connectivity index (χ1n) is 7.48. The van der Waals surface area contributed by atoms with Crippen LogP contribution in [0.5, 0.6) is 0 Å². The maximum atomic E-state index is 12.7. The minimum Gasteiger partial charge on any atom is -0.382 e. The van der Waals surface area contributed by atoms with Gasteiger partial charge in [0.1, 0.15) is 6.54 Å². The molecule has 0 aliphatic heterocycles. The molecule has 0 aromatic carbocycles. The Morgan fingerprint density at radius 3 is 2.43 bits per heavy atom. The Balaban J connectivity index is 2.71. The Bertz CT molecular complexity index is 329. The quantitative estimate of drug-likeness (QED) is 0.700. The van der Waals surface area contributed by atoms with Gasteiger partial charge in [0.05, 0.1) is 5.41 Å². The molecule has 1 rings (SSSR count). The highest BCUT2D eigenvalue weighted by atomic mass is 19.4. The van der Waals surface area contributed by atoms with Crippen LogP contribution < -0.4 is 5.73 Å². The number of hydrogen-bond donors (Lipinski definition) is 1. The molecular formula is C14H25F3N2O2. The van der Waals surface area contributed by atoms with Crippen LogP contribution >= 0.6 is 0 Å². The molecular weight excluding hydrogens is 285 g/mol. The number of halogens is 3. The number of carbonyl (C=O) groups is 1. The summed E-state index contributed by atoms with van der Waals surface area (Å²) in [7, 11) is 0. The lowest BCUT2D eigenvalue weighted by Crippen LogP contribution is -2.50. The van der Waals surface area contributed by atoms with Crippen molar-refractivity contribution < 1.29 is 22.7 Å². The standard InChI is InChI=1S/C14H25F3N2O2/c1-2-21-9-5-8-19(11-14(15,16)17)12(20)13(10-18)6-3-4-7-13/h2-11,18H2,1H3. The minimum absolute atomic E-state index is 0.0556. The lowest BCUT2D eigenvalue weighted by molar-refractivity contribution is -0.167. The molecule has 0 heterocycles. The van der Waals surface area contributed by atoms with Gasteiger partial charge < -0.3 is 15.4 Å². The summed E-state index contributed by atoms with van der Waals surface area (Å²) < 4.78 is 43.2. The Labute approximate surface area is 123 Å². The number of carbonyl (C=O) groups excluding carboxylic acids is 1. The van der Waals surface area contributed by atoms with Crippen LogP contribution in [0.25, 0.3) is 0 Å². The van der Waals surface area contributed by atoms with Gasteiger partial charge in [-0.2, -0.15) is 13.2 Å². The largest absolute Gasteiger partial charge is 0.406 e. The predicted octanol–water partition coefficient (Wildman–Crippen LogP) is 2.32. The highest BCUT2D eigenvalue weighted by Crippen LogP contribution is 2.39. The van der Waals surface area contributed by atoms with Crippen LogP contribution in [0, 0.1) is 5.41 Å². The summed E-state index contributed by atoms with van der Waals surface area (Å²) in [6.45, 7) is 1.65. The van der Waals surface area contributed by atoms with E-state index in [4.69, 9.17) is 10.5 Å². The number of alkyl halides is 3. The molecule has 7 heteroatoms. The summed E-state index contributed by atoms with van der Waals surface area (Å²) >= 11 is 0. The van der Waals surface area contributed by atoms with Gasteiger partial charge in [0, 0.05) is 26.3 Å². The van der Waals surface area contributed by atoms with E-state index in [-0.39, 0.29) is 13.1 Å². The molecule has 1 saturated carbocycles. The first kappa shape index (κ1) is 18.2. The van der Waals surface area contributed by atoms with Crippen molar-refractivity contribution in [2.24, 2.45) is 11.1 Å². The highest BCUT2D eigenvalue weighted by Gasteiger charge is 2.44. The molecule has 0 bridgehead atoms. The topological polar surface area (TPSA) is 55.6 Å². The van der Waals surface area contributed by atoms with Gasteiger partial charge in [-0.3, -0.25) is 4.79 Å². The average molecular weight is 310 g/mol. The first-order chi connectivity index (χ1) is 9.84. The maximum Gasteiger partial charge on any atom is 0.406 e. The summed E-state index contributed by atoms with van der Waals surface area (Å²) in [4.78, 5) is 13.5. The highest BCUT2D eigenvalue weighted by molar-refractivity contribution is 5.83. The van der Waals surface area contributed by atoms with E-state index < -0.39 is 24.0 Å². The minimum atomic E-state index is -4.39. The van der Waals surface area contributed by atoms with E-state index in [9.17, 15) is 18.0 Å². The molecule has 1 fully saturated rings.